The van der Waals surface area contributed by atoms with Crippen LogP contribution in [0.15, 0.2) is 54.7 Å². The van der Waals surface area contributed by atoms with Crippen LogP contribution >= 0.6 is 0 Å². The number of hydrogen-bond acceptors (Lipinski definition) is 6. The maximum absolute atomic E-state index is 12.7. The van der Waals surface area contributed by atoms with Gasteiger partial charge in [-0.25, -0.2) is 4.98 Å². The molecule has 9 heteroatoms. The van der Waals surface area contributed by atoms with Crippen LogP contribution in [0.2, 0.25) is 0 Å². The molecule has 164 valence electrons. The van der Waals surface area contributed by atoms with Crippen LogP contribution in [0.25, 0.3) is 10.8 Å². The normalized spacial score (nSPS) is 13.1. The minimum Gasteiger partial charge on any atom is -0.435 e. The molecule has 0 saturated carbocycles. The molecule has 31 heavy (non-hydrogen) atoms. The van der Waals surface area contributed by atoms with Crippen LogP contribution in [0.5, 0.6) is 5.75 Å². The van der Waals surface area contributed by atoms with Crippen molar-refractivity contribution in [3.63, 3.8) is 0 Å². The minimum atomic E-state index is -2.93. The third kappa shape index (κ3) is 5.87. The number of carbonyl (C=O) groups excluding carboxylic acids is 1. The van der Waals surface area contributed by atoms with Crippen molar-refractivity contribution in [1.29, 1.82) is 0 Å². The molecule has 1 heterocycles. The fourth-order valence-electron chi connectivity index (χ4n) is 3.02. The third-order valence-electron chi connectivity index (χ3n) is 4.65. The summed E-state index contributed by atoms with van der Waals surface area (Å²) in [6.45, 7) is -1.52. The van der Waals surface area contributed by atoms with Crippen molar-refractivity contribution in [2.45, 2.75) is 25.6 Å². The van der Waals surface area contributed by atoms with Crippen LogP contribution in [0, 0.1) is 0 Å². The lowest BCUT2D eigenvalue weighted by Crippen LogP contribution is -2.30. The number of hydrogen-bond donors (Lipinski definition) is 4. The number of carbonyl (C=O) groups is 1. The van der Waals surface area contributed by atoms with Crippen molar-refractivity contribution < 1.29 is 28.5 Å². The number of anilines is 1. The second-order valence-electron chi connectivity index (χ2n) is 7.02. The second-order valence-corrected chi connectivity index (χ2v) is 7.02. The van der Waals surface area contributed by atoms with Crippen molar-refractivity contribution in [3.8, 4) is 5.75 Å². The highest BCUT2D eigenvalue weighted by Crippen LogP contribution is 2.22. The highest BCUT2D eigenvalue weighted by Gasteiger charge is 2.16. The predicted octanol–water partition coefficient (Wildman–Crippen LogP) is 3.09. The van der Waals surface area contributed by atoms with E-state index in [4.69, 9.17) is 0 Å². The summed E-state index contributed by atoms with van der Waals surface area (Å²) in [4.78, 5) is 17.0. The van der Waals surface area contributed by atoms with E-state index in [2.05, 4.69) is 20.4 Å². The number of halogens is 2. The molecule has 0 saturated heterocycles. The van der Waals surface area contributed by atoms with E-state index in [1.54, 1.807) is 30.5 Å². The molecular formula is C22H23F2N3O4. The maximum Gasteiger partial charge on any atom is 0.387 e. The van der Waals surface area contributed by atoms with Crippen LogP contribution in [0.4, 0.5) is 14.6 Å². The number of nitrogens with zero attached hydrogens (tertiary/aromatic N) is 1. The van der Waals surface area contributed by atoms with Crippen LogP contribution in [-0.4, -0.2) is 47.0 Å². The van der Waals surface area contributed by atoms with Crippen molar-refractivity contribution >= 4 is 22.5 Å². The number of benzene rings is 2. The van der Waals surface area contributed by atoms with Crippen molar-refractivity contribution in [2.75, 3.05) is 18.5 Å². The smallest absolute Gasteiger partial charge is 0.387 e. The second kappa shape index (κ2) is 10.1. The summed E-state index contributed by atoms with van der Waals surface area (Å²) >= 11 is 0. The monoisotopic (exact) mass is 431 g/mol. The molecule has 0 bridgehead atoms. The molecule has 0 aliphatic rings. The maximum atomic E-state index is 12.7. The molecule has 3 aromatic rings. The molecule has 4 N–H and O–H groups in total. The quantitative estimate of drug-likeness (QED) is 0.415. The van der Waals surface area contributed by atoms with Gasteiger partial charge in [0.1, 0.15) is 11.6 Å². The van der Waals surface area contributed by atoms with Crippen molar-refractivity contribution in [3.05, 3.63) is 65.9 Å². The van der Waals surface area contributed by atoms with E-state index >= 15 is 0 Å². The van der Waals surface area contributed by atoms with Gasteiger partial charge in [0.15, 0.2) is 0 Å². The number of alkyl halides is 2. The van der Waals surface area contributed by atoms with Gasteiger partial charge in [-0.15, -0.1) is 0 Å². The predicted molar refractivity (Wildman–Crippen MR) is 112 cm³/mol. The summed E-state index contributed by atoms with van der Waals surface area (Å²) < 4.78 is 28.9. The summed E-state index contributed by atoms with van der Waals surface area (Å²) in [6, 6.07) is 11.7. The van der Waals surface area contributed by atoms with Gasteiger partial charge in [-0.2, -0.15) is 8.78 Å². The van der Waals surface area contributed by atoms with Crippen LogP contribution in [0.1, 0.15) is 28.9 Å². The lowest BCUT2D eigenvalue weighted by molar-refractivity contribution is -0.0498. The van der Waals surface area contributed by atoms with Crippen LogP contribution in [-0.2, 0) is 0 Å². The molecule has 2 atom stereocenters. The largest absolute Gasteiger partial charge is 0.435 e. The highest BCUT2D eigenvalue weighted by molar-refractivity contribution is 5.99. The Bertz CT molecular complexity index is 1030. The number of aliphatic hydroxyl groups excluding tert-OH is 2. The van der Waals surface area contributed by atoms with Gasteiger partial charge in [-0.05, 0) is 48.2 Å². The Morgan fingerprint density at radius 3 is 2.45 bits per heavy atom. The molecule has 0 spiro atoms. The topological polar surface area (TPSA) is 104 Å². The summed E-state index contributed by atoms with van der Waals surface area (Å²) in [5, 5.41) is 26.3. The fraction of sp³-hybridized carbons (Fsp3) is 0.273. The number of pyridine rings is 1. The van der Waals surface area contributed by atoms with E-state index in [1.807, 2.05) is 6.92 Å². The zero-order valence-corrected chi connectivity index (χ0v) is 16.8. The van der Waals surface area contributed by atoms with Gasteiger partial charge in [0.25, 0.3) is 5.91 Å². The molecule has 1 aromatic heterocycles. The average molecular weight is 431 g/mol. The van der Waals surface area contributed by atoms with E-state index in [0.29, 0.717) is 16.9 Å². The zero-order valence-electron chi connectivity index (χ0n) is 16.8. The van der Waals surface area contributed by atoms with Crippen molar-refractivity contribution in [2.24, 2.45) is 0 Å². The fourth-order valence-corrected chi connectivity index (χ4v) is 3.02. The molecule has 0 aliphatic heterocycles. The number of fused-ring (bicyclic) bond motifs is 1. The van der Waals surface area contributed by atoms with E-state index in [1.165, 1.54) is 24.3 Å². The molecular weight excluding hydrogens is 408 g/mol. The SMILES string of the molecule is C[C@@H](CO)Nc1cc2cc(C(=O)N[C@H](CO)c3ccc(OC(F)F)cc3)ccc2cn1. The van der Waals surface area contributed by atoms with Crippen molar-refractivity contribution in [1.82, 2.24) is 10.3 Å². The van der Waals surface area contributed by atoms with Gasteiger partial charge in [-0.1, -0.05) is 18.2 Å². The average Bonchev–Trinajstić information content (AvgIpc) is 2.77. The first-order valence-electron chi connectivity index (χ1n) is 9.63. The number of ether oxygens (including phenoxy) is 1. The summed E-state index contributed by atoms with van der Waals surface area (Å²) in [7, 11) is 0. The summed E-state index contributed by atoms with van der Waals surface area (Å²) in [6.07, 6.45) is 1.67. The Morgan fingerprint density at radius 2 is 1.81 bits per heavy atom. The van der Waals surface area contributed by atoms with Crippen LogP contribution < -0.4 is 15.4 Å². The third-order valence-corrected chi connectivity index (χ3v) is 4.65. The Hall–Kier alpha value is -3.30. The van der Waals surface area contributed by atoms with E-state index < -0.39 is 18.6 Å². The molecule has 2 aromatic carbocycles. The van der Waals surface area contributed by atoms with Gasteiger partial charge >= 0.3 is 6.61 Å². The Labute approximate surface area is 177 Å². The Kier molecular flexibility index (Phi) is 7.32. The van der Waals surface area contributed by atoms with Gasteiger partial charge in [0.2, 0.25) is 0 Å². The number of aromatic nitrogens is 1. The molecule has 0 unspecified atom stereocenters. The molecule has 7 nitrogen and oxygen atoms in total. The first kappa shape index (κ1) is 22.4. The number of rotatable bonds is 9. The first-order valence-corrected chi connectivity index (χ1v) is 9.63. The minimum absolute atomic E-state index is 0.00941. The lowest BCUT2D eigenvalue weighted by Gasteiger charge is -2.17. The summed E-state index contributed by atoms with van der Waals surface area (Å²) in [5.41, 5.74) is 0.933. The number of aliphatic hydroxyl groups is 2. The van der Waals surface area contributed by atoms with E-state index in [9.17, 15) is 23.8 Å². The Morgan fingerprint density at radius 1 is 1.06 bits per heavy atom. The van der Waals surface area contributed by atoms with E-state index in [-0.39, 0.29) is 25.0 Å². The first-order chi connectivity index (χ1) is 14.9. The van der Waals surface area contributed by atoms with Gasteiger partial charge in [0, 0.05) is 23.2 Å². The van der Waals surface area contributed by atoms with Gasteiger partial charge < -0.3 is 25.6 Å². The molecule has 3 rings (SSSR count). The standard InChI is InChI=1S/C22H23F2N3O4/c1-13(11-28)26-20-9-17-8-15(2-3-16(17)10-25-20)21(30)27-19(12-29)14-4-6-18(7-5-14)31-22(23)24/h2-10,13,19,22,28-29H,11-12H2,1H3,(H,25,26)(H,27,30)/t13-,19+/m0/s1. The van der Waals surface area contributed by atoms with Gasteiger partial charge in [-0.3, -0.25) is 4.79 Å². The molecule has 0 fully saturated rings. The van der Waals surface area contributed by atoms with Crippen LogP contribution in [0.3, 0.4) is 0 Å². The zero-order chi connectivity index (χ0) is 22.4. The van der Waals surface area contributed by atoms with Gasteiger partial charge in [0.05, 0.1) is 19.3 Å². The number of amides is 1. The lowest BCUT2D eigenvalue weighted by atomic mass is 10.1. The number of nitrogens with one attached hydrogen (secondary N) is 2. The molecule has 1 amide bonds. The molecule has 0 aliphatic carbocycles. The molecule has 0 radical (unpaired) electrons. The summed E-state index contributed by atoms with van der Waals surface area (Å²) in [5.74, 6) is 0.166. The van der Waals surface area contributed by atoms with E-state index in [0.717, 1.165) is 10.8 Å². The Balaban J connectivity index is 1.75. The highest BCUT2D eigenvalue weighted by atomic mass is 19.3.